The highest BCUT2D eigenvalue weighted by molar-refractivity contribution is 5.70. The molecule has 0 heterocycles. The monoisotopic (exact) mass is 216 g/mol. The number of hydrogen-bond donors (Lipinski definition) is 2. The van der Waals surface area contributed by atoms with Gasteiger partial charge in [-0.25, -0.2) is 0 Å². The molecular formula is C12H24O3. The van der Waals surface area contributed by atoms with Crippen LogP contribution in [0.3, 0.4) is 0 Å². The molecular weight excluding hydrogens is 192 g/mol. The van der Waals surface area contributed by atoms with E-state index >= 15 is 0 Å². The lowest BCUT2D eigenvalue weighted by Crippen LogP contribution is -2.30. The Morgan fingerprint density at radius 1 is 1.20 bits per heavy atom. The van der Waals surface area contributed by atoms with Crippen molar-refractivity contribution in [2.45, 2.75) is 46.5 Å². The predicted molar refractivity (Wildman–Crippen MR) is 60.7 cm³/mol. The van der Waals surface area contributed by atoms with Crippen LogP contribution in [-0.2, 0) is 4.79 Å². The Labute approximate surface area is 92.5 Å². The van der Waals surface area contributed by atoms with Crippen LogP contribution in [0.4, 0.5) is 0 Å². The van der Waals surface area contributed by atoms with Crippen molar-refractivity contribution >= 4 is 5.97 Å². The van der Waals surface area contributed by atoms with Gasteiger partial charge in [0, 0.05) is 6.61 Å². The molecule has 3 unspecified atom stereocenters. The molecule has 0 aromatic carbocycles. The van der Waals surface area contributed by atoms with Crippen LogP contribution in [0.5, 0.6) is 0 Å². The van der Waals surface area contributed by atoms with E-state index < -0.39 is 5.97 Å². The third kappa shape index (κ3) is 4.20. The van der Waals surface area contributed by atoms with Gasteiger partial charge in [0.1, 0.15) is 0 Å². The molecule has 0 saturated carbocycles. The molecule has 0 saturated heterocycles. The van der Waals surface area contributed by atoms with Crippen LogP contribution in [0.2, 0.25) is 0 Å². The van der Waals surface area contributed by atoms with Gasteiger partial charge in [-0.05, 0) is 24.7 Å². The van der Waals surface area contributed by atoms with Crippen LogP contribution in [-0.4, -0.2) is 22.8 Å². The Morgan fingerprint density at radius 3 is 2.07 bits per heavy atom. The molecule has 3 heteroatoms. The summed E-state index contributed by atoms with van der Waals surface area (Å²) >= 11 is 0. The first kappa shape index (κ1) is 14.4. The molecule has 0 fully saturated rings. The first-order valence-corrected chi connectivity index (χ1v) is 5.95. The molecule has 0 radical (unpaired) electrons. The van der Waals surface area contributed by atoms with Gasteiger partial charge in [0.25, 0.3) is 0 Å². The first-order valence-electron chi connectivity index (χ1n) is 5.95. The van der Waals surface area contributed by atoms with E-state index in [9.17, 15) is 9.90 Å². The topological polar surface area (TPSA) is 57.5 Å². The number of aliphatic hydroxyl groups is 1. The molecule has 0 aliphatic carbocycles. The highest BCUT2D eigenvalue weighted by Gasteiger charge is 2.30. The van der Waals surface area contributed by atoms with Crippen molar-refractivity contribution in [3.05, 3.63) is 0 Å². The van der Waals surface area contributed by atoms with Gasteiger partial charge in [-0.3, -0.25) is 4.79 Å². The third-order valence-electron chi connectivity index (χ3n) is 3.26. The maximum Gasteiger partial charge on any atom is 0.306 e. The highest BCUT2D eigenvalue weighted by atomic mass is 16.4. The van der Waals surface area contributed by atoms with Crippen LogP contribution in [0.25, 0.3) is 0 Å². The average Bonchev–Trinajstić information content (AvgIpc) is 2.20. The number of hydrogen-bond acceptors (Lipinski definition) is 2. The summed E-state index contributed by atoms with van der Waals surface area (Å²) in [5, 5.41) is 18.4. The molecule has 0 aliphatic rings. The number of rotatable bonds is 8. The van der Waals surface area contributed by atoms with Crippen molar-refractivity contribution in [2.75, 3.05) is 6.61 Å². The standard InChI is InChI=1S/C12H24O3/c1-4-7-11(9(5-2)8-13)10(6-3)12(14)15/h9-11,13H,4-8H2,1-3H3,(H,14,15). The Kier molecular flexibility index (Phi) is 7.39. The summed E-state index contributed by atoms with van der Waals surface area (Å²) < 4.78 is 0. The average molecular weight is 216 g/mol. The number of carboxylic acids is 1. The van der Waals surface area contributed by atoms with Crippen molar-refractivity contribution in [1.29, 1.82) is 0 Å². The first-order chi connectivity index (χ1) is 7.12. The van der Waals surface area contributed by atoms with Crippen LogP contribution in [0.1, 0.15) is 46.5 Å². The summed E-state index contributed by atoms with van der Waals surface area (Å²) in [5.41, 5.74) is 0. The van der Waals surface area contributed by atoms with E-state index in [-0.39, 0.29) is 24.4 Å². The van der Waals surface area contributed by atoms with Crippen molar-refractivity contribution in [2.24, 2.45) is 17.8 Å². The number of aliphatic carboxylic acids is 1. The highest BCUT2D eigenvalue weighted by Crippen LogP contribution is 2.30. The fraction of sp³-hybridized carbons (Fsp3) is 0.917. The van der Waals surface area contributed by atoms with E-state index in [4.69, 9.17) is 5.11 Å². The maximum absolute atomic E-state index is 11.1. The Bertz CT molecular complexity index is 176. The molecule has 15 heavy (non-hydrogen) atoms. The lowest BCUT2D eigenvalue weighted by molar-refractivity contribution is -0.145. The van der Waals surface area contributed by atoms with Gasteiger partial charge in [-0.15, -0.1) is 0 Å². The zero-order valence-electron chi connectivity index (χ0n) is 10.1. The van der Waals surface area contributed by atoms with E-state index in [1.54, 1.807) is 0 Å². The Morgan fingerprint density at radius 2 is 1.80 bits per heavy atom. The van der Waals surface area contributed by atoms with Crippen LogP contribution < -0.4 is 0 Å². The van der Waals surface area contributed by atoms with Gasteiger partial charge in [-0.2, -0.15) is 0 Å². The lowest BCUT2D eigenvalue weighted by atomic mass is 9.76. The van der Waals surface area contributed by atoms with Crippen molar-refractivity contribution < 1.29 is 15.0 Å². The Balaban J connectivity index is 4.65. The molecule has 0 aromatic rings. The molecule has 0 rings (SSSR count). The van der Waals surface area contributed by atoms with E-state index in [0.29, 0.717) is 6.42 Å². The Hall–Kier alpha value is -0.570. The second-order valence-corrected chi connectivity index (χ2v) is 4.16. The minimum absolute atomic E-state index is 0.102. The van der Waals surface area contributed by atoms with Gasteiger partial charge in [-0.1, -0.05) is 33.6 Å². The largest absolute Gasteiger partial charge is 0.481 e. The number of carbonyl (C=O) groups is 1. The zero-order chi connectivity index (χ0) is 11.8. The van der Waals surface area contributed by atoms with E-state index in [0.717, 1.165) is 19.3 Å². The summed E-state index contributed by atoms with van der Waals surface area (Å²) in [4.78, 5) is 11.1. The second kappa shape index (κ2) is 7.69. The van der Waals surface area contributed by atoms with E-state index in [1.165, 1.54) is 0 Å². The normalized spacial score (nSPS) is 17.1. The van der Waals surface area contributed by atoms with Gasteiger partial charge in [0.15, 0.2) is 0 Å². The van der Waals surface area contributed by atoms with Crippen LogP contribution in [0, 0.1) is 17.8 Å². The summed E-state index contributed by atoms with van der Waals surface area (Å²) in [6, 6.07) is 0. The molecule has 90 valence electrons. The number of aliphatic hydroxyl groups excluding tert-OH is 1. The van der Waals surface area contributed by atoms with Gasteiger partial charge in [0.2, 0.25) is 0 Å². The van der Waals surface area contributed by atoms with Gasteiger partial charge < -0.3 is 10.2 Å². The second-order valence-electron chi connectivity index (χ2n) is 4.16. The maximum atomic E-state index is 11.1. The molecule has 3 atom stereocenters. The molecule has 0 aromatic heterocycles. The van der Waals surface area contributed by atoms with Crippen LogP contribution in [0.15, 0.2) is 0 Å². The molecule has 2 N–H and O–H groups in total. The summed E-state index contributed by atoms with van der Waals surface area (Å²) in [6.45, 7) is 6.08. The van der Waals surface area contributed by atoms with Gasteiger partial charge >= 0.3 is 5.97 Å². The third-order valence-corrected chi connectivity index (χ3v) is 3.26. The number of carboxylic acid groups (broad SMARTS) is 1. The van der Waals surface area contributed by atoms with E-state index in [1.807, 2.05) is 13.8 Å². The molecule has 0 aliphatic heterocycles. The SMILES string of the molecule is CCCC(C(CC)CO)C(CC)C(=O)O. The summed E-state index contributed by atoms with van der Waals surface area (Å²) in [7, 11) is 0. The lowest BCUT2D eigenvalue weighted by Gasteiger charge is -2.29. The minimum atomic E-state index is -0.720. The summed E-state index contributed by atoms with van der Waals surface area (Å²) in [6.07, 6.45) is 3.37. The quantitative estimate of drug-likeness (QED) is 0.655. The summed E-state index contributed by atoms with van der Waals surface area (Å²) in [5.74, 6) is -0.775. The molecule has 0 spiro atoms. The van der Waals surface area contributed by atoms with Gasteiger partial charge in [0.05, 0.1) is 5.92 Å². The molecule has 3 nitrogen and oxygen atoms in total. The fourth-order valence-corrected chi connectivity index (χ4v) is 2.33. The minimum Gasteiger partial charge on any atom is -0.481 e. The van der Waals surface area contributed by atoms with E-state index in [2.05, 4.69) is 6.92 Å². The van der Waals surface area contributed by atoms with Crippen LogP contribution >= 0.6 is 0 Å². The van der Waals surface area contributed by atoms with Crippen molar-refractivity contribution in [1.82, 2.24) is 0 Å². The zero-order valence-corrected chi connectivity index (χ0v) is 10.1. The molecule has 0 amide bonds. The van der Waals surface area contributed by atoms with Crippen molar-refractivity contribution in [3.8, 4) is 0 Å². The smallest absolute Gasteiger partial charge is 0.306 e. The molecule has 0 bridgehead atoms. The van der Waals surface area contributed by atoms with Crippen molar-refractivity contribution in [3.63, 3.8) is 0 Å². The predicted octanol–water partition coefficient (Wildman–Crippen LogP) is 2.53. The fourth-order valence-electron chi connectivity index (χ4n) is 2.33.